The largest absolute Gasteiger partial charge is 0.511 e. The molecule has 11 nitrogen and oxygen atoms in total. The summed E-state index contributed by atoms with van der Waals surface area (Å²) in [4.78, 5) is 57.4. The topological polar surface area (TPSA) is 142 Å². The van der Waals surface area contributed by atoms with Gasteiger partial charge in [0, 0.05) is 18.8 Å². The van der Waals surface area contributed by atoms with E-state index >= 15 is 0 Å². The van der Waals surface area contributed by atoms with Gasteiger partial charge in [-0.1, -0.05) is 61.9 Å². The quantitative estimate of drug-likeness (QED) is 0.165. The number of fused-ring (bicyclic) bond motifs is 3. The lowest BCUT2D eigenvalue weighted by molar-refractivity contribution is -0.201. The minimum Gasteiger partial charge on any atom is -0.430 e. The van der Waals surface area contributed by atoms with E-state index in [9.17, 15) is 19.2 Å². The number of carbonyl (C=O) groups excluding carboxylic acids is 4. The fourth-order valence-corrected chi connectivity index (χ4v) is 4.48. The number of hydrogen-bond acceptors (Lipinski definition) is 7. The molecule has 1 aliphatic carbocycles. The molecule has 0 spiro atoms. The number of carbonyl (C=O) groups is 4. The van der Waals surface area contributed by atoms with Crippen molar-refractivity contribution in [1.29, 1.82) is 0 Å². The number of ether oxygens (including phenoxy) is 1. The van der Waals surface area contributed by atoms with Crippen LogP contribution in [-0.4, -0.2) is 46.6 Å². The zero-order chi connectivity index (χ0) is 25.7. The molecule has 36 heavy (non-hydrogen) atoms. The molecule has 0 saturated carbocycles. The second kappa shape index (κ2) is 10.9. The third kappa shape index (κ3) is 4.87. The summed E-state index contributed by atoms with van der Waals surface area (Å²) in [6.45, 7) is 1.82. The molecule has 0 aromatic heterocycles. The summed E-state index contributed by atoms with van der Waals surface area (Å²) in [6.07, 6.45) is 0.0490. The Balaban J connectivity index is 1.53. The van der Waals surface area contributed by atoms with Crippen LogP contribution in [0.15, 0.2) is 53.8 Å². The molecule has 2 aromatic rings. The maximum atomic E-state index is 13.1. The first-order chi connectivity index (χ1) is 17.5. The van der Waals surface area contributed by atoms with Crippen LogP contribution in [0.3, 0.4) is 0 Å². The van der Waals surface area contributed by atoms with Crippen molar-refractivity contribution < 1.29 is 28.8 Å². The number of unbranched alkanes of at least 4 members (excludes halogenated alkanes) is 1. The molecule has 2 aromatic carbocycles. The molecule has 11 heteroatoms. The van der Waals surface area contributed by atoms with E-state index < -0.39 is 29.9 Å². The van der Waals surface area contributed by atoms with Crippen molar-refractivity contribution in [2.75, 3.05) is 6.61 Å². The Morgan fingerprint density at radius 3 is 2.22 bits per heavy atom. The number of nitrogens with zero attached hydrogens (tertiary/aromatic N) is 5. The molecule has 186 valence electrons. The van der Waals surface area contributed by atoms with Crippen LogP contribution >= 0.6 is 0 Å². The average molecular weight is 492 g/mol. The van der Waals surface area contributed by atoms with Crippen molar-refractivity contribution in [2.24, 2.45) is 5.22 Å². The highest BCUT2D eigenvalue weighted by Gasteiger charge is 2.41. The molecule has 1 saturated heterocycles. The van der Waals surface area contributed by atoms with E-state index in [1.807, 2.05) is 55.5 Å². The maximum Gasteiger partial charge on any atom is 0.511 e. The summed E-state index contributed by atoms with van der Waals surface area (Å²) in [5.41, 5.74) is 13.2. The summed E-state index contributed by atoms with van der Waals surface area (Å²) in [7, 11) is 0. The Labute approximate surface area is 207 Å². The highest BCUT2D eigenvalue weighted by Crippen LogP contribution is 2.44. The zero-order valence-electron chi connectivity index (χ0n) is 19.7. The second-order valence-electron chi connectivity index (χ2n) is 8.48. The van der Waals surface area contributed by atoms with Gasteiger partial charge in [0.2, 0.25) is 6.04 Å². The van der Waals surface area contributed by atoms with Gasteiger partial charge >= 0.3 is 12.1 Å². The molecule has 0 radical (unpaired) electrons. The Morgan fingerprint density at radius 2 is 1.67 bits per heavy atom. The van der Waals surface area contributed by atoms with Crippen LogP contribution in [0, 0.1) is 0 Å². The molecule has 1 aliphatic heterocycles. The highest BCUT2D eigenvalue weighted by atomic mass is 16.7. The smallest absolute Gasteiger partial charge is 0.430 e. The van der Waals surface area contributed by atoms with Gasteiger partial charge in [0.1, 0.15) is 6.61 Å². The summed E-state index contributed by atoms with van der Waals surface area (Å²) in [6, 6.07) is 14.2. The summed E-state index contributed by atoms with van der Waals surface area (Å²) in [5.74, 6) is -2.61. The lowest BCUT2D eigenvalue weighted by atomic mass is 9.98. The Bertz CT molecular complexity index is 1180. The van der Waals surface area contributed by atoms with Crippen molar-refractivity contribution >= 4 is 23.9 Å². The van der Waals surface area contributed by atoms with Gasteiger partial charge in [0.15, 0.2) is 0 Å². The predicted molar refractivity (Wildman–Crippen MR) is 127 cm³/mol. The molecule has 3 amide bonds. The van der Waals surface area contributed by atoms with Crippen molar-refractivity contribution in [3.63, 3.8) is 0 Å². The number of rotatable bonds is 9. The molecular formula is C25H25N5O6. The van der Waals surface area contributed by atoms with Gasteiger partial charge in [-0.25, -0.2) is 4.79 Å². The van der Waals surface area contributed by atoms with Gasteiger partial charge in [0.25, 0.3) is 11.8 Å². The fraction of sp³-hybridized carbons (Fsp3) is 0.360. The lowest BCUT2D eigenvalue weighted by Crippen LogP contribution is -2.46. The molecule has 1 fully saturated rings. The van der Waals surface area contributed by atoms with E-state index in [0.29, 0.717) is 22.9 Å². The minimum absolute atomic E-state index is 0.0526. The number of benzene rings is 2. The van der Waals surface area contributed by atoms with Gasteiger partial charge < -0.3 is 9.57 Å². The lowest BCUT2D eigenvalue weighted by Gasteiger charge is -2.23. The van der Waals surface area contributed by atoms with Gasteiger partial charge in [-0.05, 0) is 40.3 Å². The summed E-state index contributed by atoms with van der Waals surface area (Å²) < 4.78 is 5.54. The minimum atomic E-state index is -1.38. The van der Waals surface area contributed by atoms with Gasteiger partial charge in [-0.3, -0.25) is 9.59 Å². The van der Waals surface area contributed by atoms with Crippen LogP contribution in [0.25, 0.3) is 21.6 Å². The molecule has 0 bridgehead atoms. The number of imide groups is 1. The first-order valence-corrected chi connectivity index (χ1v) is 11.7. The van der Waals surface area contributed by atoms with Gasteiger partial charge in [-0.15, -0.1) is 15.6 Å². The van der Waals surface area contributed by atoms with Crippen molar-refractivity contribution in [3.05, 3.63) is 70.1 Å². The standard InChI is InChI=1S/C25H25N5O6/c1-2-3-12-21(24(33)36-30-22(31)13-14-23(30)32)29(28-27-26)25(34)35-15-20-18-10-6-4-8-16(18)17-9-5-7-11-19(17)20/h4-11,20-21H,2-3,12-15H2,1H3/t21-/m0/s1. The summed E-state index contributed by atoms with van der Waals surface area (Å²) >= 11 is 0. The van der Waals surface area contributed by atoms with E-state index in [-0.39, 0.29) is 31.8 Å². The van der Waals surface area contributed by atoms with Crippen LogP contribution in [0.4, 0.5) is 4.79 Å². The second-order valence-corrected chi connectivity index (χ2v) is 8.48. The van der Waals surface area contributed by atoms with Crippen LogP contribution in [0.5, 0.6) is 0 Å². The van der Waals surface area contributed by atoms with E-state index in [4.69, 9.17) is 15.1 Å². The number of hydrogen-bond donors (Lipinski definition) is 0. The Morgan fingerprint density at radius 1 is 1.08 bits per heavy atom. The Hall–Kier alpha value is -4.37. The summed E-state index contributed by atoms with van der Waals surface area (Å²) in [5, 5.41) is 4.37. The van der Waals surface area contributed by atoms with E-state index in [1.165, 1.54) is 0 Å². The van der Waals surface area contributed by atoms with E-state index in [2.05, 4.69) is 10.1 Å². The average Bonchev–Trinajstić information content (AvgIpc) is 3.38. The number of amides is 3. The maximum absolute atomic E-state index is 13.1. The first kappa shape index (κ1) is 24.7. The van der Waals surface area contributed by atoms with Crippen LogP contribution in [0.2, 0.25) is 0 Å². The third-order valence-electron chi connectivity index (χ3n) is 6.24. The van der Waals surface area contributed by atoms with Crippen molar-refractivity contribution in [1.82, 2.24) is 10.1 Å². The number of hydroxylamine groups is 2. The highest BCUT2D eigenvalue weighted by molar-refractivity contribution is 6.01. The molecule has 1 heterocycles. The van der Waals surface area contributed by atoms with E-state index in [0.717, 1.165) is 22.3 Å². The number of azide groups is 1. The normalized spacial score (nSPS) is 15.1. The predicted octanol–water partition coefficient (Wildman–Crippen LogP) is 4.63. The molecule has 1 atom stereocenters. The monoisotopic (exact) mass is 491 g/mol. The van der Waals surface area contributed by atoms with Crippen LogP contribution < -0.4 is 0 Å². The van der Waals surface area contributed by atoms with Gasteiger partial charge in [-0.2, -0.15) is 9.71 Å². The van der Waals surface area contributed by atoms with Crippen molar-refractivity contribution in [3.8, 4) is 11.1 Å². The van der Waals surface area contributed by atoms with Gasteiger partial charge in [0.05, 0.1) is 0 Å². The fourth-order valence-electron chi connectivity index (χ4n) is 4.48. The first-order valence-electron chi connectivity index (χ1n) is 11.7. The van der Waals surface area contributed by atoms with E-state index in [1.54, 1.807) is 0 Å². The molecule has 4 rings (SSSR count). The molecule has 0 unspecified atom stereocenters. The molecular weight excluding hydrogens is 466 g/mol. The van der Waals surface area contributed by atoms with Crippen molar-refractivity contribution in [2.45, 2.75) is 51.0 Å². The molecule has 0 N–H and O–H groups in total. The SMILES string of the molecule is CCCC[C@@H](C(=O)ON1C(=O)CCC1=O)N(N=[N+]=[N-])C(=O)OCC1c2ccccc2-c2ccccc21. The molecule has 2 aliphatic rings. The van der Waals surface area contributed by atoms with Crippen LogP contribution in [-0.2, 0) is 24.0 Å². The third-order valence-corrected chi connectivity index (χ3v) is 6.24. The zero-order valence-corrected chi connectivity index (χ0v) is 19.7. The Kier molecular flexibility index (Phi) is 7.50. The van der Waals surface area contributed by atoms with Crippen LogP contribution in [0.1, 0.15) is 56.1 Å².